The lowest BCUT2D eigenvalue weighted by atomic mass is 9.95. The summed E-state index contributed by atoms with van der Waals surface area (Å²) in [6.45, 7) is -2.92. The molecule has 0 N–H and O–H groups in total. The third-order valence-corrected chi connectivity index (χ3v) is 2.74. The quantitative estimate of drug-likeness (QED) is 0.793. The normalized spacial score (nSPS) is 11.7. The maximum absolute atomic E-state index is 12.3. The van der Waals surface area contributed by atoms with Crippen LogP contribution in [0.15, 0.2) is 48.7 Å². The number of hydrogen-bond acceptors (Lipinski definition) is 4. The SMILES string of the molecule is N#CC(C(=O)c1ccc(OC(F)F)cc1)c1ccccn1. The molecule has 0 aliphatic heterocycles. The minimum absolute atomic E-state index is 0.0482. The fourth-order valence-electron chi connectivity index (χ4n) is 1.77. The van der Waals surface area contributed by atoms with E-state index in [4.69, 9.17) is 5.26 Å². The summed E-state index contributed by atoms with van der Waals surface area (Å²) in [5.74, 6) is -1.53. The van der Waals surface area contributed by atoms with E-state index in [1.54, 1.807) is 18.2 Å². The molecule has 2 rings (SSSR count). The molecule has 0 saturated heterocycles. The molecule has 0 fully saturated rings. The molecule has 1 heterocycles. The Morgan fingerprint density at radius 3 is 2.43 bits per heavy atom. The fourth-order valence-corrected chi connectivity index (χ4v) is 1.77. The molecule has 2 aromatic rings. The summed E-state index contributed by atoms with van der Waals surface area (Å²) in [5, 5.41) is 9.15. The Bertz CT molecular complexity index is 652. The van der Waals surface area contributed by atoms with Gasteiger partial charge in [0.1, 0.15) is 5.75 Å². The summed E-state index contributed by atoms with van der Waals surface area (Å²) >= 11 is 0. The molecule has 1 aromatic carbocycles. The van der Waals surface area contributed by atoms with E-state index in [9.17, 15) is 13.6 Å². The number of ketones is 1. The smallest absolute Gasteiger partial charge is 0.387 e. The van der Waals surface area contributed by atoms with Gasteiger partial charge >= 0.3 is 6.61 Å². The van der Waals surface area contributed by atoms with Crippen molar-refractivity contribution in [1.29, 1.82) is 5.26 Å². The lowest BCUT2D eigenvalue weighted by Crippen LogP contribution is -2.12. The van der Waals surface area contributed by atoms with Crippen molar-refractivity contribution in [2.24, 2.45) is 0 Å². The Balaban J connectivity index is 2.21. The summed E-state index contributed by atoms with van der Waals surface area (Å²) in [6.07, 6.45) is 1.49. The van der Waals surface area contributed by atoms with Crippen molar-refractivity contribution in [3.63, 3.8) is 0 Å². The summed E-state index contributed by atoms with van der Waals surface area (Å²) < 4.78 is 28.3. The molecule has 21 heavy (non-hydrogen) atoms. The Kier molecular flexibility index (Phi) is 4.57. The molecular formula is C15H10F2N2O2. The van der Waals surface area contributed by atoms with Crippen LogP contribution in [-0.2, 0) is 0 Å². The minimum atomic E-state index is -2.92. The average molecular weight is 288 g/mol. The summed E-state index contributed by atoms with van der Waals surface area (Å²) in [7, 11) is 0. The van der Waals surface area contributed by atoms with Crippen LogP contribution >= 0.6 is 0 Å². The number of benzene rings is 1. The second-order valence-corrected chi connectivity index (χ2v) is 4.08. The van der Waals surface area contributed by atoms with E-state index in [0.717, 1.165) is 0 Å². The maximum atomic E-state index is 12.3. The van der Waals surface area contributed by atoms with Gasteiger partial charge in [0, 0.05) is 11.8 Å². The molecule has 106 valence electrons. The lowest BCUT2D eigenvalue weighted by molar-refractivity contribution is -0.0498. The monoisotopic (exact) mass is 288 g/mol. The number of alkyl halides is 2. The molecule has 0 aliphatic rings. The van der Waals surface area contributed by atoms with Gasteiger partial charge < -0.3 is 4.74 Å². The summed E-state index contributed by atoms with van der Waals surface area (Å²) in [6, 6.07) is 12.0. The molecular weight excluding hydrogens is 278 g/mol. The van der Waals surface area contributed by atoms with Crippen molar-refractivity contribution < 1.29 is 18.3 Å². The van der Waals surface area contributed by atoms with Gasteiger partial charge in [-0.05, 0) is 36.4 Å². The average Bonchev–Trinajstić information content (AvgIpc) is 2.49. The van der Waals surface area contributed by atoms with E-state index in [0.29, 0.717) is 5.69 Å². The highest BCUT2D eigenvalue weighted by Crippen LogP contribution is 2.21. The highest BCUT2D eigenvalue weighted by molar-refractivity contribution is 6.02. The van der Waals surface area contributed by atoms with Crippen molar-refractivity contribution in [2.45, 2.75) is 12.5 Å². The molecule has 0 saturated carbocycles. The number of nitriles is 1. The Hall–Kier alpha value is -2.81. The first-order chi connectivity index (χ1) is 10.1. The number of carbonyl (C=O) groups excluding carboxylic acids is 1. The molecule has 1 aromatic heterocycles. The van der Waals surface area contributed by atoms with Gasteiger partial charge in [0.15, 0.2) is 11.7 Å². The number of ether oxygens (including phenoxy) is 1. The molecule has 0 bridgehead atoms. The summed E-state index contributed by atoms with van der Waals surface area (Å²) in [5.41, 5.74) is 0.576. The zero-order chi connectivity index (χ0) is 15.2. The van der Waals surface area contributed by atoms with Crippen LogP contribution in [0.2, 0.25) is 0 Å². The largest absolute Gasteiger partial charge is 0.435 e. The minimum Gasteiger partial charge on any atom is -0.435 e. The van der Waals surface area contributed by atoms with Crippen LogP contribution in [0.5, 0.6) is 5.75 Å². The Morgan fingerprint density at radius 2 is 1.90 bits per heavy atom. The lowest BCUT2D eigenvalue weighted by Gasteiger charge is -2.09. The topological polar surface area (TPSA) is 63.0 Å². The van der Waals surface area contributed by atoms with Gasteiger partial charge in [0.2, 0.25) is 0 Å². The van der Waals surface area contributed by atoms with Crippen molar-refractivity contribution in [3.8, 4) is 11.8 Å². The third kappa shape index (κ3) is 3.60. The van der Waals surface area contributed by atoms with Crippen LogP contribution in [0.25, 0.3) is 0 Å². The van der Waals surface area contributed by atoms with Crippen molar-refractivity contribution in [3.05, 3.63) is 59.9 Å². The van der Waals surface area contributed by atoms with E-state index in [2.05, 4.69) is 9.72 Å². The van der Waals surface area contributed by atoms with E-state index >= 15 is 0 Å². The molecule has 0 radical (unpaired) electrons. The molecule has 4 nitrogen and oxygen atoms in total. The first-order valence-electron chi connectivity index (χ1n) is 6.01. The number of pyridine rings is 1. The van der Waals surface area contributed by atoms with Gasteiger partial charge in [-0.15, -0.1) is 0 Å². The number of aromatic nitrogens is 1. The second-order valence-electron chi connectivity index (χ2n) is 4.08. The number of carbonyl (C=O) groups is 1. The summed E-state index contributed by atoms with van der Waals surface area (Å²) in [4.78, 5) is 16.2. The van der Waals surface area contributed by atoms with Gasteiger partial charge in [-0.3, -0.25) is 9.78 Å². The van der Waals surface area contributed by atoms with Crippen molar-refractivity contribution in [1.82, 2.24) is 4.98 Å². The molecule has 6 heteroatoms. The van der Waals surface area contributed by atoms with Crippen LogP contribution in [0, 0.1) is 11.3 Å². The molecule has 1 unspecified atom stereocenters. The van der Waals surface area contributed by atoms with Crippen LogP contribution in [0.1, 0.15) is 22.0 Å². The van der Waals surface area contributed by atoms with E-state index in [1.807, 2.05) is 6.07 Å². The highest BCUT2D eigenvalue weighted by Gasteiger charge is 2.22. The van der Waals surface area contributed by atoms with E-state index in [-0.39, 0.29) is 11.3 Å². The number of halogens is 2. The number of rotatable bonds is 5. The first kappa shape index (κ1) is 14.6. The van der Waals surface area contributed by atoms with Gasteiger partial charge in [0.05, 0.1) is 11.8 Å². The Labute approximate surface area is 119 Å². The van der Waals surface area contributed by atoms with Crippen LogP contribution in [-0.4, -0.2) is 17.4 Å². The van der Waals surface area contributed by atoms with Crippen molar-refractivity contribution >= 4 is 5.78 Å². The first-order valence-corrected chi connectivity index (χ1v) is 6.01. The van der Waals surface area contributed by atoms with E-state index < -0.39 is 18.3 Å². The van der Waals surface area contributed by atoms with Crippen LogP contribution in [0.3, 0.4) is 0 Å². The highest BCUT2D eigenvalue weighted by atomic mass is 19.3. The third-order valence-electron chi connectivity index (χ3n) is 2.74. The number of nitrogens with zero attached hydrogens (tertiary/aromatic N) is 2. The molecule has 0 spiro atoms. The molecule has 0 amide bonds. The van der Waals surface area contributed by atoms with Gasteiger partial charge in [-0.25, -0.2) is 0 Å². The van der Waals surface area contributed by atoms with Gasteiger partial charge in [0.25, 0.3) is 0 Å². The zero-order valence-corrected chi connectivity index (χ0v) is 10.7. The molecule has 1 atom stereocenters. The second kappa shape index (κ2) is 6.57. The number of Topliss-reactive ketones (excluding diaryl/α,β-unsaturated/α-hetero) is 1. The molecule has 0 aliphatic carbocycles. The van der Waals surface area contributed by atoms with Crippen LogP contribution in [0.4, 0.5) is 8.78 Å². The predicted octanol–water partition coefficient (Wildman–Crippen LogP) is 3.17. The Morgan fingerprint density at radius 1 is 1.19 bits per heavy atom. The maximum Gasteiger partial charge on any atom is 0.387 e. The number of hydrogen-bond donors (Lipinski definition) is 0. The van der Waals surface area contributed by atoms with E-state index in [1.165, 1.54) is 30.5 Å². The standard InChI is InChI=1S/C15H10F2N2O2/c16-15(17)21-11-6-4-10(5-7-11)14(20)12(9-18)13-3-1-2-8-19-13/h1-8,12,15H. The van der Waals surface area contributed by atoms with Crippen LogP contribution < -0.4 is 4.74 Å². The van der Waals surface area contributed by atoms with Gasteiger partial charge in [-0.1, -0.05) is 6.07 Å². The predicted molar refractivity (Wildman–Crippen MR) is 70.0 cm³/mol. The zero-order valence-electron chi connectivity index (χ0n) is 10.7. The fraction of sp³-hybridized carbons (Fsp3) is 0.133. The van der Waals surface area contributed by atoms with Crippen molar-refractivity contribution in [2.75, 3.05) is 0 Å². The van der Waals surface area contributed by atoms with Gasteiger partial charge in [-0.2, -0.15) is 14.0 Å².